The van der Waals surface area contributed by atoms with Crippen molar-refractivity contribution in [2.24, 2.45) is 0 Å². The van der Waals surface area contributed by atoms with E-state index in [0.29, 0.717) is 23.1 Å². The topological polar surface area (TPSA) is 72.9 Å². The van der Waals surface area contributed by atoms with Crippen molar-refractivity contribution < 1.29 is 22.7 Å². The standard InChI is InChI=1S/C15H20BrNO5S/c1-21-14-12(16)7-6-11(13(14)15(18)22-2)10-23(19,20)17-8-4-3-5-9-17/h6-7H,3-5,8-10H2,1-2H3. The highest BCUT2D eigenvalue weighted by molar-refractivity contribution is 9.10. The zero-order valence-electron chi connectivity index (χ0n) is 13.2. The van der Waals surface area contributed by atoms with Crippen LogP contribution in [0.1, 0.15) is 35.2 Å². The van der Waals surface area contributed by atoms with E-state index in [9.17, 15) is 13.2 Å². The van der Waals surface area contributed by atoms with Crippen LogP contribution in [0.4, 0.5) is 0 Å². The van der Waals surface area contributed by atoms with Crippen molar-refractivity contribution in [2.45, 2.75) is 25.0 Å². The first-order valence-corrected chi connectivity index (χ1v) is 9.72. The average molecular weight is 406 g/mol. The number of nitrogens with zero attached hydrogens (tertiary/aromatic N) is 1. The second-order valence-electron chi connectivity index (χ2n) is 5.32. The summed E-state index contributed by atoms with van der Waals surface area (Å²) in [6.45, 7) is 1.06. The summed E-state index contributed by atoms with van der Waals surface area (Å²) in [5.74, 6) is -0.587. The highest BCUT2D eigenvalue weighted by Gasteiger charge is 2.28. The molecule has 128 valence electrons. The number of ether oxygens (including phenoxy) is 2. The molecule has 0 saturated carbocycles. The van der Waals surface area contributed by atoms with E-state index in [1.165, 1.54) is 18.5 Å². The number of esters is 1. The maximum Gasteiger partial charge on any atom is 0.342 e. The Labute approximate surface area is 144 Å². The Morgan fingerprint density at radius 2 is 1.87 bits per heavy atom. The SMILES string of the molecule is COC(=O)c1c(CS(=O)(=O)N2CCCCC2)ccc(Br)c1OC. The Kier molecular flexibility index (Phi) is 6.05. The molecule has 1 fully saturated rings. The summed E-state index contributed by atoms with van der Waals surface area (Å²) in [5, 5.41) is 0. The van der Waals surface area contributed by atoms with Crippen molar-refractivity contribution in [3.63, 3.8) is 0 Å². The molecular formula is C15H20BrNO5S. The van der Waals surface area contributed by atoms with E-state index >= 15 is 0 Å². The zero-order valence-corrected chi connectivity index (χ0v) is 15.6. The molecular weight excluding hydrogens is 386 g/mol. The lowest BCUT2D eigenvalue weighted by atomic mass is 10.1. The molecule has 8 heteroatoms. The summed E-state index contributed by atoms with van der Waals surface area (Å²) in [5.41, 5.74) is 0.521. The number of piperidine rings is 1. The third-order valence-electron chi connectivity index (χ3n) is 3.84. The van der Waals surface area contributed by atoms with Gasteiger partial charge in [-0.05, 0) is 40.4 Å². The monoisotopic (exact) mass is 405 g/mol. The molecule has 0 amide bonds. The van der Waals surface area contributed by atoms with Gasteiger partial charge in [-0.1, -0.05) is 12.5 Å². The molecule has 0 aliphatic carbocycles. The number of hydrogen-bond acceptors (Lipinski definition) is 5. The van der Waals surface area contributed by atoms with Crippen molar-refractivity contribution in [2.75, 3.05) is 27.3 Å². The van der Waals surface area contributed by atoms with E-state index in [0.717, 1.165) is 19.3 Å². The summed E-state index contributed by atoms with van der Waals surface area (Å²) in [6.07, 6.45) is 2.78. The first-order valence-electron chi connectivity index (χ1n) is 7.32. The molecule has 0 N–H and O–H groups in total. The molecule has 6 nitrogen and oxygen atoms in total. The smallest absolute Gasteiger partial charge is 0.342 e. The molecule has 0 unspecified atom stereocenters. The number of rotatable bonds is 5. The Bertz CT molecular complexity index is 683. The second kappa shape index (κ2) is 7.63. The van der Waals surface area contributed by atoms with Crippen molar-refractivity contribution in [3.05, 3.63) is 27.7 Å². The van der Waals surface area contributed by atoms with Crippen molar-refractivity contribution in [1.82, 2.24) is 4.31 Å². The lowest BCUT2D eigenvalue weighted by Crippen LogP contribution is -2.36. The Morgan fingerprint density at radius 3 is 2.43 bits per heavy atom. The summed E-state index contributed by atoms with van der Waals surface area (Å²) in [4.78, 5) is 12.1. The summed E-state index contributed by atoms with van der Waals surface area (Å²) >= 11 is 3.30. The number of methoxy groups -OCH3 is 2. The highest BCUT2D eigenvalue weighted by atomic mass is 79.9. The van der Waals surface area contributed by atoms with Gasteiger partial charge in [0, 0.05) is 13.1 Å². The molecule has 1 aliphatic heterocycles. The number of halogens is 1. The summed E-state index contributed by atoms with van der Waals surface area (Å²) < 4.78 is 37.3. The lowest BCUT2D eigenvalue weighted by molar-refractivity contribution is 0.0596. The minimum atomic E-state index is -3.48. The fourth-order valence-corrected chi connectivity index (χ4v) is 4.80. The molecule has 23 heavy (non-hydrogen) atoms. The highest BCUT2D eigenvalue weighted by Crippen LogP contribution is 2.33. The molecule has 1 heterocycles. The quantitative estimate of drug-likeness (QED) is 0.703. The largest absolute Gasteiger partial charge is 0.495 e. The third-order valence-corrected chi connectivity index (χ3v) is 6.29. The van der Waals surface area contributed by atoms with Crippen LogP contribution in [0.5, 0.6) is 5.75 Å². The summed E-state index contributed by atoms with van der Waals surface area (Å²) in [7, 11) is -0.802. The van der Waals surface area contributed by atoms with Crippen molar-refractivity contribution in [3.8, 4) is 5.75 Å². The number of sulfonamides is 1. The van der Waals surface area contributed by atoms with Crippen molar-refractivity contribution in [1.29, 1.82) is 0 Å². The van der Waals surface area contributed by atoms with Crippen LogP contribution in [-0.4, -0.2) is 46.0 Å². The van der Waals surface area contributed by atoms with E-state index in [1.54, 1.807) is 12.1 Å². The Morgan fingerprint density at radius 1 is 1.22 bits per heavy atom. The van der Waals surface area contributed by atoms with E-state index < -0.39 is 16.0 Å². The molecule has 0 atom stereocenters. The fourth-order valence-electron chi connectivity index (χ4n) is 2.67. The normalized spacial score (nSPS) is 16.1. The molecule has 1 aromatic rings. The van der Waals surface area contributed by atoms with Crippen LogP contribution in [0.3, 0.4) is 0 Å². The van der Waals surface area contributed by atoms with Crippen LogP contribution in [-0.2, 0) is 20.5 Å². The molecule has 1 aliphatic rings. The molecule has 1 saturated heterocycles. The van der Waals surface area contributed by atoms with Crippen LogP contribution in [0.25, 0.3) is 0 Å². The van der Waals surface area contributed by atoms with Gasteiger partial charge in [0.15, 0.2) is 0 Å². The molecule has 0 aromatic heterocycles. The van der Waals surface area contributed by atoms with Gasteiger partial charge < -0.3 is 9.47 Å². The predicted octanol–water partition coefficient (Wildman–Crippen LogP) is 2.56. The number of benzene rings is 1. The minimum absolute atomic E-state index is 0.143. The molecule has 2 rings (SSSR count). The average Bonchev–Trinajstić information content (AvgIpc) is 2.56. The second-order valence-corrected chi connectivity index (χ2v) is 8.15. The number of carbonyl (C=O) groups excluding carboxylic acids is 1. The molecule has 0 radical (unpaired) electrons. The number of hydrogen-bond donors (Lipinski definition) is 0. The van der Waals surface area contributed by atoms with Crippen LogP contribution in [0.15, 0.2) is 16.6 Å². The Balaban J connectivity index is 2.41. The van der Waals surface area contributed by atoms with Crippen LogP contribution >= 0.6 is 15.9 Å². The van der Waals surface area contributed by atoms with Crippen molar-refractivity contribution >= 4 is 31.9 Å². The molecule has 0 bridgehead atoms. The van der Waals surface area contributed by atoms with Gasteiger partial charge in [0.05, 0.1) is 24.4 Å². The van der Waals surface area contributed by atoms with Crippen LogP contribution in [0.2, 0.25) is 0 Å². The van der Waals surface area contributed by atoms with E-state index in [2.05, 4.69) is 15.9 Å². The van der Waals surface area contributed by atoms with Gasteiger partial charge >= 0.3 is 5.97 Å². The van der Waals surface area contributed by atoms with E-state index in [1.807, 2.05) is 0 Å². The zero-order chi connectivity index (χ0) is 17.0. The van der Waals surface area contributed by atoms with Gasteiger partial charge in [-0.15, -0.1) is 0 Å². The van der Waals surface area contributed by atoms with Gasteiger partial charge in [-0.25, -0.2) is 17.5 Å². The van der Waals surface area contributed by atoms with Gasteiger partial charge in [-0.2, -0.15) is 0 Å². The van der Waals surface area contributed by atoms with Gasteiger partial charge in [-0.3, -0.25) is 0 Å². The van der Waals surface area contributed by atoms with Gasteiger partial charge in [0.2, 0.25) is 10.0 Å². The minimum Gasteiger partial charge on any atom is -0.495 e. The predicted molar refractivity (Wildman–Crippen MR) is 90.1 cm³/mol. The summed E-state index contributed by atoms with van der Waals surface area (Å²) in [6, 6.07) is 3.28. The maximum absolute atomic E-state index is 12.6. The van der Waals surface area contributed by atoms with Crippen LogP contribution in [0, 0.1) is 0 Å². The first-order chi connectivity index (χ1) is 10.9. The number of carbonyl (C=O) groups is 1. The Hall–Kier alpha value is -1.12. The molecule has 0 spiro atoms. The fraction of sp³-hybridized carbons (Fsp3) is 0.533. The third kappa shape index (κ3) is 4.05. The first kappa shape index (κ1) is 18.2. The molecule has 1 aromatic carbocycles. The van der Waals surface area contributed by atoms with Gasteiger partial charge in [0.25, 0.3) is 0 Å². The van der Waals surface area contributed by atoms with Gasteiger partial charge in [0.1, 0.15) is 11.3 Å². The van der Waals surface area contributed by atoms with E-state index in [4.69, 9.17) is 9.47 Å². The van der Waals surface area contributed by atoms with E-state index in [-0.39, 0.29) is 17.1 Å². The van der Waals surface area contributed by atoms with Crippen LogP contribution < -0.4 is 4.74 Å². The maximum atomic E-state index is 12.6. The lowest BCUT2D eigenvalue weighted by Gasteiger charge is -2.26.